The second-order valence-corrected chi connectivity index (χ2v) is 8.47. The average Bonchev–Trinajstić information content (AvgIpc) is 2.97. The maximum Gasteiger partial charge on any atom is 0.325 e. The molecule has 0 aliphatic carbocycles. The molecule has 6 nitrogen and oxygen atoms in total. The summed E-state index contributed by atoms with van der Waals surface area (Å²) in [5, 5.41) is 13.4. The Kier molecular flexibility index (Phi) is 7.46. The monoisotopic (exact) mass is 424 g/mol. The van der Waals surface area contributed by atoms with Crippen LogP contribution < -0.4 is 5.32 Å². The standard InChI is InChI=1S/C25H32N2O4/c1-4-5-15-25(3)23(29)27(24(30)26-25)16-21(28)17-31-22(19-9-7-6-8-10-19)20-13-11-18(2)12-14-20/h6-14,21-22,28H,4-5,15-17H2,1-3H3,(H,26,30)/t21-,22-,25+/m1/s1. The smallest absolute Gasteiger partial charge is 0.325 e. The van der Waals surface area contributed by atoms with Crippen LogP contribution >= 0.6 is 0 Å². The van der Waals surface area contributed by atoms with E-state index in [2.05, 4.69) is 5.32 Å². The summed E-state index contributed by atoms with van der Waals surface area (Å²) in [6.07, 6.45) is 1.03. The number of amides is 3. The first-order valence-electron chi connectivity index (χ1n) is 10.9. The van der Waals surface area contributed by atoms with Crippen molar-refractivity contribution in [1.82, 2.24) is 10.2 Å². The molecule has 0 unspecified atom stereocenters. The highest BCUT2D eigenvalue weighted by Crippen LogP contribution is 2.27. The molecule has 1 fully saturated rings. The first-order valence-corrected chi connectivity index (χ1v) is 10.9. The normalized spacial score (nSPS) is 20.6. The minimum atomic E-state index is -0.986. The van der Waals surface area contributed by atoms with Crippen LogP contribution in [0.2, 0.25) is 0 Å². The number of unbranched alkanes of at least 4 members (excludes halogenated alkanes) is 1. The van der Waals surface area contributed by atoms with Gasteiger partial charge in [-0.05, 0) is 31.4 Å². The summed E-state index contributed by atoms with van der Waals surface area (Å²) in [5.41, 5.74) is 2.20. The number of β-amino-alcohol motifs (C(OH)–C–C–N with tert-alkyl or cyclic N) is 1. The van der Waals surface area contributed by atoms with Crippen LogP contribution in [0.25, 0.3) is 0 Å². The molecular weight excluding hydrogens is 392 g/mol. The predicted molar refractivity (Wildman–Crippen MR) is 120 cm³/mol. The fourth-order valence-corrected chi connectivity index (χ4v) is 3.84. The first kappa shape index (κ1) is 23.0. The first-order chi connectivity index (χ1) is 14.8. The second-order valence-electron chi connectivity index (χ2n) is 8.47. The van der Waals surface area contributed by atoms with Crippen molar-refractivity contribution in [1.29, 1.82) is 0 Å². The van der Waals surface area contributed by atoms with E-state index in [0.717, 1.165) is 34.4 Å². The van der Waals surface area contributed by atoms with Gasteiger partial charge in [0, 0.05) is 0 Å². The molecule has 166 valence electrons. The van der Waals surface area contributed by atoms with E-state index in [-0.39, 0.29) is 25.2 Å². The summed E-state index contributed by atoms with van der Waals surface area (Å²) in [6.45, 7) is 5.71. The van der Waals surface area contributed by atoms with E-state index < -0.39 is 17.7 Å². The van der Waals surface area contributed by atoms with Gasteiger partial charge in [-0.25, -0.2) is 4.79 Å². The molecule has 0 radical (unpaired) electrons. The Balaban J connectivity index is 1.66. The third-order valence-corrected chi connectivity index (χ3v) is 5.71. The van der Waals surface area contributed by atoms with Crippen LogP contribution in [0.1, 0.15) is 55.9 Å². The molecule has 3 rings (SSSR count). The number of benzene rings is 2. The van der Waals surface area contributed by atoms with E-state index in [1.165, 1.54) is 0 Å². The summed E-state index contributed by atoms with van der Waals surface area (Å²) in [6, 6.07) is 17.4. The lowest BCUT2D eigenvalue weighted by atomic mass is 9.95. The lowest BCUT2D eigenvalue weighted by Gasteiger charge is -2.24. The van der Waals surface area contributed by atoms with Gasteiger partial charge in [0.1, 0.15) is 11.6 Å². The number of aliphatic hydroxyl groups excluding tert-OH is 1. The number of urea groups is 1. The Bertz CT molecular complexity index is 884. The fraction of sp³-hybridized carbons (Fsp3) is 0.440. The number of hydrogen-bond acceptors (Lipinski definition) is 4. The van der Waals surface area contributed by atoms with Crippen molar-refractivity contribution >= 4 is 11.9 Å². The maximum absolute atomic E-state index is 12.8. The molecular formula is C25H32N2O4. The average molecular weight is 425 g/mol. The molecule has 2 aromatic rings. The number of rotatable bonds is 10. The molecule has 0 saturated carbocycles. The molecule has 2 N–H and O–H groups in total. The van der Waals surface area contributed by atoms with Crippen LogP contribution in [-0.4, -0.2) is 46.7 Å². The topological polar surface area (TPSA) is 78.9 Å². The van der Waals surface area contributed by atoms with Gasteiger partial charge in [-0.2, -0.15) is 0 Å². The quantitative estimate of drug-likeness (QED) is 0.566. The van der Waals surface area contributed by atoms with Gasteiger partial charge in [-0.3, -0.25) is 9.69 Å². The molecule has 2 aromatic carbocycles. The highest BCUT2D eigenvalue weighted by atomic mass is 16.5. The van der Waals surface area contributed by atoms with Crippen molar-refractivity contribution in [3.05, 3.63) is 71.3 Å². The summed E-state index contributed by atoms with van der Waals surface area (Å²) < 4.78 is 6.09. The molecule has 0 bridgehead atoms. The minimum absolute atomic E-state index is 0.00380. The molecule has 0 aromatic heterocycles. The van der Waals surface area contributed by atoms with Gasteiger partial charge in [0.15, 0.2) is 0 Å². The van der Waals surface area contributed by atoms with Crippen molar-refractivity contribution in [2.24, 2.45) is 0 Å². The largest absolute Gasteiger partial charge is 0.389 e. The number of aliphatic hydroxyl groups is 1. The molecule has 0 spiro atoms. The number of carbonyl (C=O) groups is 2. The van der Waals surface area contributed by atoms with Gasteiger partial charge in [0.25, 0.3) is 5.91 Å². The van der Waals surface area contributed by atoms with Crippen LogP contribution in [0.3, 0.4) is 0 Å². The van der Waals surface area contributed by atoms with Crippen molar-refractivity contribution in [3.8, 4) is 0 Å². The third kappa shape index (κ3) is 5.51. The molecule has 1 aliphatic rings. The fourth-order valence-electron chi connectivity index (χ4n) is 3.84. The molecule has 3 amide bonds. The van der Waals surface area contributed by atoms with E-state index in [4.69, 9.17) is 4.74 Å². The van der Waals surface area contributed by atoms with E-state index in [1.54, 1.807) is 6.92 Å². The Morgan fingerprint density at radius 2 is 1.71 bits per heavy atom. The molecule has 31 heavy (non-hydrogen) atoms. The van der Waals surface area contributed by atoms with Crippen molar-refractivity contribution < 1.29 is 19.4 Å². The summed E-state index contributed by atoms with van der Waals surface area (Å²) in [5.74, 6) is -0.289. The van der Waals surface area contributed by atoms with Gasteiger partial charge in [0.2, 0.25) is 0 Å². The molecule has 1 saturated heterocycles. The lowest BCUT2D eigenvalue weighted by Crippen LogP contribution is -2.44. The number of imide groups is 1. The summed E-state index contributed by atoms with van der Waals surface area (Å²) in [7, 11) is 0. The SMILES string of the molecule is CCCC[C@]1(C)NC(=O)N(C[C@@H](O)CO[C@H](c2ccccc2)c2ccc(C)cc2)C1=O. The van der Waals surface area contributed by atoms with Gasteiger partial charge in [-0.15, -0.1) is 0 Å². The molecule has 1 heterocycles. The molecule has 1 aliphatic heterocycles. The van der Waals surface area contributed by atoms with Crippen LogP contribution in [0, 0.1) is 6.92 Å². The van der Waals surface area contributed by atoms with Crippen LogP contribution in [0.15, 0.2) is 54.6 Å². The van der Waals surface area contributed by atoms with Gasteiger partial charge in [-0.1, -0.05) is 79.9 Å². The Morgan fingerprint density at radius 3 is 2.35 bits per heavy atom. The molecule has 6 heteroatoms. The van der Waals surface area contributed by atoms with E-state index in [9.17, 15) is 14.7 Å². The van der Waals surface area contributed by atoms with Crippen LogP contribution in [0.5, 0.6) is 0 Å². The Hall–Kier alpha value is -2.70. The zero-order chi connectivity index (χ0) is 22.4. The number of nitrogens with one attached hydrogen (secondary N) is 1. The van der Waals surface area contributed by atoms with Crippen LogP contribution in [-0.2, 0) is 9.53 Å². The Labute approximate surface area is 184 Å². The zero-order valence-corrected chi connectivity index (χ0v) is 18.5. The number of hydrogen-bond donors (Lipinski definition) is 2. The number of aryl methyl sites for hydroxylation is 1. The minimum Gasteiger partial charge on any atom is -0.389 e. The van der Waals surface area contributed by atoms with Crippen molar-refractivity contribution in [2.45, 2.75) is 57.8 Å². The summed E-state index contributed by atoms with van der Waals surface area (Å²) in [4.78, 5) is 26.2. The van der Waals surface area contributed by atoms with E-state index in [0.29, 0.717) is 6.42 Å². The maximum atomic E-state index is 12.8. The highest BCUT2D eigenvalue weighted by molar-refractivity contribution is 6.06. The zero-order valence-electron chi connectivity index (χ0n) is 18.5. The van der Waals surface area contributed by atoms with Gasteiger partial charge in [0.05, 0.1) is 19.3 Å². The van der Waals surface area contributed by atoms with Crippen molar-refractivity contribution in [3.63, 3.8) is 0 Å². The highest BCUT2D eigenvalue weighted by Gasteiger charge is 2.47. The Morgan fingerprint density at radius 1 is 1.06 bits per heavy atom. The van der Waals surface area contributed by atoms with Gasteiger partial charge >= 0.3 is 6.03 Å². The lowest BCUT2D eigenvalue weighted by molar-refractivity contribution is -0.132. The number of ether oxygens (including phenoxy) is 1. The van der Waals surface area contributed by atoms with Crippen LogP contribution in [0.4, 0.5) is 4.79 Å². The van der Waals surface area contributed by atoms with Crippen molar-refractivity contribution in [2.75, 3.05) is 13.2 Å². The van der Waals surface area contributed by atoms with Gasteiger partial charge < -0.3 is 15.2 Å². The summed E-state index contributed by atoms with van der Waals surface area (Å²) >= 11 is 0. The number of carbonyl (C=O) groups excluding carboxylic acids is 2. The third-order valence-electron chi connectivity index (χ3n) is 5.71. The van der Waals surface area contributed by atoms with E-state index >= 15 is 0 Å². The second kappa shape index (κ2) is 10.1. The van der Waals surface area contributed by atoms with E-state index in [1.807, 2.05) is 68.4 Å². The number of nitrogens with zero attached hydrogens (tertiary/aromatic N) is 1. The predicted octanol–water partition coefficient (Wildman–Crippen LogP) is 3.96. The molecule has 3 atom stereocenters.